The number of anilines is 1. The number of benzene rings is 1. The van der Waals surface area contributed by atoms with E-state index in [-0.39, 0.29) is 9.92 Å². The van der Waals surface area contributed by atoms with Gasteiger partial charge < -0.3 is 4.90 Å². The van der Waals surface area contributed by atoms with Crippen LogP contribution in [0.15, 0.2) is 35.2 Å². The first-order chi connectivity index (χ1) is 11.4. The Hall–Kier alpha value is -1.41. The molecule has 1 saturated heterocycles. The van der Waals surface area contributed by atoms with E-state index in [0.717, 1.165) is 11.5 Å². The van der Waals surface area contributed by atoms with E-state index < -0.39 is 10.0 Å². The summed E-state index contributed by atoms with van der Waals surface area (Å²) in [5.41, 5.74) is 0.847. The number of hydrogen-bond donors (Lipinski definition) is 0. The number of nitrogens with zero attached hydrogens (tertiary/aromatic N) is 4. The number of aromatic nitrogens is 2. The molecule has 6 nitrogen and oxygen atoms in total. The van der Waals surface area contributed by atoms with Crippen LogP contribution in [0, 0.1) is 6.92 Å². The highest BCUT2D eigenvalue weighted by Crippen LogP contribution is 2.27. The molecule has 0 radical (unpaired) electrons. The summed E-state index contributed by atoms with van der Waals surface area (Å²) in [5, 5.41) is 8.74. The van der Waals surface area contributed by atoms with E-state index in [1.165, 1.54) is 22.5 Å². The van der Waals surface area contributed by atoms with E-state index in [9.17, 15) is 8.42 Å². The van der Waals surface area contributed by atoms with Gasteiger partial charge in [0.05, 0.1) is 20.6 Å². The van der Waals surface area contributed by atoms with Crippen LogP contribution < -0.4 is 4.90 Å². The minimum atomic E-state index is -3.59. The van der Waals surface area contributed by atoms with Crippen molar-refractivity contribution in [3.8, 4) is 0 Å². The molecule has 1 aliphatic rings. The van der Waals surface area contributed by atoms with E-state index >= 15 is 0 Å². The van der Waals surface area contributed by atoms with Gasteiger partial charge in [-0.25, -0.2) is 8.42 Å². The van der Waals surface area contributed by atoms with Gasteiger partial charge in [-0.2, -0.15) is 9.40 Å². The average molecular weight is 387 g/mol. The van der Waals surface area contributed by atoms with Crippen LogP contribution in [0.2, 0.25) is 10.0 Å². The van der Waals surface area contributed by atoms with E-state index in [4.69, 9.17) is 23.2 Å². The molecule has 9 heteroatoms. The highest BCUT2D eigenvalue weighted by atomic mass is 35.5. The summed E-state index contributed by atoms with van der Waals surface area (Å²) in [5.74, 6) is 0.757. The zero-order valence-electron chi connectivity index (χ0n) is 13.0. The van der Waals surface area contributed by atoms with Crippen LogP contribution in [0.3, 0.4) is 0 Å². The van der Waals surface area contributed by atoms with Gasteiger partial charge in [0.25, 0.3) is 0 Å². The Labute approximate surface area is 151 Å². The molecule has 0 bridgehead atoms. The normalized spacial score (nSPS) is 16.4. The highest BCUT2D eigenvalue weighted by Gasteiger charge is 2.29. The smallest absolute Gasteiger partial charge is 0.243 e. The van der Waals surface area contributed by atoms with Gasteiger partial charge in [-0.15, -0.1) is 5.10 Å². The lowest BCUT2D eigenvalue weighted by molar-refractivity contribution is 0.383. The Morgan fingerprint density at radius 3 is 2.25 bits per heavy atom. The molecule has 0 spiro atoms. The maximum absolute atomic E-state index is 12.7. The van der Waals surface area contributed by atoms with Gasteiger partial charge in [0.2, 0.25) is 10.0 Å². The molecular weight excluding hydrogens is 371 g/mol. The Balaban J connectivity index is 1.73. The quantitative estimate of drug-likeness (QED) is 0.810. The molecule has 0 aliphatic carbocycles. The van der Waals surface area contributed by atoms with Crippen LogP contribution >= 0.6 is 23.2 Å². The third kappa shape index (κ3) is 3.49. The average Bonchev–Trinajstić information content (AvgIpc) is 2.58. The van der Waals surface area contributed by atoms with Crippen molar-refractivity contribution >= 4 is 39.0 Å². The van der Waals surface area contributed by atoms with E-state index in [1.54, 1.807) is 0 Å². The minimum absolute atomic E-state index is 0.153. The largest absolute Gasteiger partial charge is 0.352 e. The zero-order chi connectivity index (χ0) is 17.3. The Kier molecular flexibility index (Phi) is 4.96. The number of rotatable bonds is 3. The highest BCUT2D eigenvalue weighted by molar-refractivity contribution is 7.89. The van der Waals surface area contributed by atoms with Gasteiger partial charge in [0.15, 0.2) is 5.82 Å². The summed E-state index contributed by atoms with van der Waals surface area (Å²) in [4.78, 5) is 2.17. The summed E-state index contributed by atoms with van der Waals surface area (Å²) in [6.07, 6.45) is 0. The van der Waals surface area contributed by atoms with Gasteiger partial charge in [-0.1, -0.05) is 23.2 Å². The molecule has 2 aromatic rings. The molecule has 0 amide bonds. The first-order valence-electron chi connectivity index (χ1n) is 7.38. The van der Waals surface area contributed by atoms with Crippen molar-refractivity contribution in [3.05, 3.63) is 46.1 Å². The monoisotopic (exact) mass is 386 g/mol. The minimum Gasteiger partial charge on any atom is -0.352 e. The van der Waals surface area contributed by atoms with E-state index in [2.05, 4.69) is 10.2 Å². The van der Waals surface area contributed by atoms with Crippen molar-refractivity contribution in [2.24, 2.45) is 0 Å². The summed E-state index contributed by atoms with van der Waals surface area (Å²) in [6.45, 7) is 3.73. The summed E-state index contributed by atoms with van der Waals surface area (Å²) >= 11 is 11.8. The lowest BCUT2D eigenvalue weighted by Gasteiger charge is -2.34. The molecule has 0 N–H and O–H groups in total. The Morgan fingerprint density at radius 1 is 0.958 bits per heavy atom. The standard InChI is InChI=1S/C15H16Cl2N4O2S/c1-11-2-5-15(19-18-11)20-6-8-21(9-7-20)24(22,23)12-3-4-13(16)14(17)10-12/h2-5,10H,6-9H2,1H3. The van der Waals surface area contributed by atoms with Crippen LogP contribution in [-0.4, -0.2) is 49.1 Å². The van der Waals surface area contributed by atoms with E-state index in [0.29, 0.717) is 31.2 Å². The fourth-order valence-corrected chi connectivity index (χ4v) is 4.32. The van der Waals surface area contributed by atoms with Gasteiger partial charge >= 0.3 is 0 Å². The maximum Gasteiger partial charge on any atom is 0.243 e. The number of sulfonamides is 1. The van der Waals surface area contributed by atoms with Crippen LogP contribution in [0.25, 0.3) is 0 Å². The summed E-state index contributed by atoms with van der Waals surface area (Å²) in [7, 11) is -3.59. The fraction of sp³-hybridized carbons (Fsp3) is 0.333. The second-order valence-corrected chi connectivity index (χ2v) is 8.25. The van der Waals surface area contributed by atoms with Gasteiger partial charge in [-0.3, -0.25) is 0 Å². The van der Waals surface area contributed by atoms with Gasteiger partial charge in [0.1, 0.15) is 0 Å². The van der Waals surface area contributed by atoms with Crippen molar-refractivity contribution in [1.82, 2.24) is 14.5 Å². The van der Waals surface area contributed by atoms with Crippen molar-refractivity contribution < 1.29 is 8.42 Å². The third-order valence-electron chi connectivity index (χ3n) is 3.88. The van der Waals surface area contributed by atoms with Crippen LogP contribution in [0.5, 0.6) is 0 Å². The molecule has 3 rings (SSSR count). The number of halogens is 2. The zero-order valence-corrected chi connectivity index (χ0v) is 15.3. The number of piperazine rings is 1. The first-order valence-corrected chi connectivity index (χ1v) is 9.58. The molecule has 1 fully saturated rings. The van der Waals surface area contributed by atoms with Gasteiger partial charge in [0, 0.05) is 26.2 Å². The molecule has 0 atom stereocenters. The van der Waals surface area contributed by atoms with Crippen LogP contribution in [-0.2, 0) is 10.0 Å². The number of hydrogen-bond acceptors (Lipinski definition) is 5. The Morgan fingerprint density at radius 2 is 1.67 bits per heavy atom. The Bertz CT molecular complexity index is 835. The van der Waals surface area contributed by atoms with Crippen molar-refractivity contribution in [2.45, 2.75) is 11.8 Å². The van der Waals surface area contributed by atoms with Gasteiger partial charge in [-0.05, 0) is 37.3 Å². The lowest BCUT2D eigenvalue weighted by Crippen LogP contribution is -2.49. The van der Waals surface area contributed by atoms with Crippen molar-refractivity contribution in [3.63, 3.8) is 0 Å². The SMILES string of the molecule is Cc1ccc(N2CCN(S(=O)(=O)c3ccc(Cl)c(Cl)c3)CC2)nn1. The topological polar surface area (TPSA) is 66.4 Å². The third-order valence-corrected chi connectivity index (χ3v) is 6.51. The molecule has 1 aliphatic heterocycles. The van der Waals surface area contributed by atoms with E-state index in [1.807, 2.05) is 24.0 Å². The molecule has 0 unspecified atom stereocenters. The lowest BCUT2D eigenvalue weighted by atomic mass is 10.3. The molecule has 24 heavy (non-hydrogen) atoms. The number of aryl methyl sites for hydroxylation is 1. The molecule has 1 aromatic heterocycles. The molecule has 1 aromatic carbocycles. The van der Waals surface area contributed by atoms with Crippen LogP contribution in [0.4, 0.5) is 5.82 Å². The molecule has 0 saturated carbocycles. The van der Waals surface area contributed by atoms with Crippen molar-refractivity contribution in [1.29, 1.82) is 0 Å². The molecular formula is C15H16Cl2N4O2S. The first kappa shape index (κ1) is 17.4. The second kappa shape index (κ2) is 6.84. The summed E-state index contributed by atoms with van der Waals surface area (Å²) in [6, 6.07) is 8.14. The second-order valence-electron chi connectivity index (χ2n) is 5.50. The van der Waals surface area contributed by atoms with Crippen LogP contribution in [0.1, 0.15) is 5.69 Å². The fourth-order valence-electron chi connectivity index (χ4n) is 2.50. The predicted octanol–water partition coefficient (Wildman–Crippen LogP) is 2.60. The predicted molar refractivity (Wildman–Crippen MR) is 94.2 cm³/mol. The van der Waals surface area contributed by atoms with Crippen molar-refractivity contribution in [2.75, 3.05) is 31.1 Å². The molecule has 128 valence electrons. The molecule has 2 heterocycles. The summed E-state index contributed by atoms with van der Waals surface area (Å²) < 4.78 is 26.9. The maximum atomic E-state index is 12.7.